The molecule has 1 N–H and O–H groups in total. The van der Waals surface area contributed by atoms with Crippen molar-refractivity contribution >= 4 is 28.8 Å². The summed E-state index contributed by atoms with van der Waals surface area (Å²) in [6.45, 7) is 2.30. The van der Waals surface area contributed by atoms with E-state index in [-0.39, 0.29) is 17.0 Å². The number of rotatable bonds is 6. The lowest BCUT2D eigenvalue weighted by Gasteiger charge is -2.15. The number of ether oxygens (including phenoxy) is 1. The van der Waals surface area contributed by atoms with Crippen molar-refractivity contribution in [1.29, 1.82) is 0 Å². The fourth-order valence-electron chi connectivity index (χ4n) is 3.53. The third-order valence-electron chi connectivity index (χ3n) is 5.01. The van der Waals surface area contributed by atoms with E-state index < -0.39 is 23.6 Å². The van der Waals surface area contributed by atoms with Crippen molar-refractivity contribution in [3.63, 3.8) is 0 Å². The van der Waals surface area contributed by atoms with Gasteiger partial charge >= 0.3 is 6.18 Å². The molecule has 0 saturated carbocycles. The molecule has 33 heavy (non-hydrogen) atoms. The number of anilines is 2. The van der Waals surface area contributed by atoms with Crippen LogP contribution in [0.4, 0.5) is 24.5 Å². The Kier molecular flexibility index (Phi) is 5.91. The molecule has 3 aromatic rings. The van der Waals surface area contributed by atoms with Crippen LogP contribution in [-0.2, 0) is 15.8 Å². The highest BCUT2D eigenvalue weighted by Crippen LogP contribution is 2.36. The Morgan fingerprint density at radius 2 is 1.58 bits per heavy atom. The van der Waals surface area contributed by atoms with Crippen molar-refractivity contribution in [2.75, 3.05) is 16.8 Å². The maximum atomic E-state index is 13.4. The van der Waals surface area contributed by atoms with Crippen LogP contribution in [0.5, 0.6) is 5.75 Å². The van der Waals surface area contributed by atoms with E-state index in [1.807, 2.05) is 6.92 Å². The second-order valence-electron chi connectivity index (χ2n) is 7.19. The average molecular weight is 452 g/mol. The molecule has 5 nitrogen and oxygen atoms in total. The number of para-hydroxylation sites is 1. The summed E-state index contributed by atoms with van der Waals surface area (Å²) in [6.07, 6.45) is -4.55. The minimum atomic E-state index is -4.55. The highest BCUT2D eigenvalue weighted by atomic mass is 19.4. The first-order valence-electron chi connectivity index (χ1n) is 10.1. The van der Waals surface area contributed by atoms with E-state index in [1.165, 1.54) is 12.1 Å². The molecule has 0 saturated heterocycles. The highest BCUT2D eigenvalue weighted by Gasteiger charge is 2.40. The highest BCUT2D eigenvalue weighted by molar-refractivity contribution is 6.46. The summed E-state index contributed by atoms with van der Waals surface area (Å²) in [6, 6.07) is 19.4. The number of carbonyl (C=O) groups is 2. The van der Waals surface area contributed by atoms with Gasteiger partial charge in [-0.1, -0.05) is 36.4 Å². The number of nitrogens with one attached hydrogen (secondary N) is 1. The Bertz CT molecular complexity index is 1220. The average Bonchev–Trinajstić information content (AvgIpc) is 3.04. The summed E-state index contributed by atoms with van der Waals surface area (Å²) in [5, 5.41) is 2.76. The molecular formula is C25H19F3N2O3. The number of halogens is 3. The van der Waals surface area contributed by atoms with Crippen LogP contribution >= 0.6 is 0 Å². The molecule has 8 heteroatoms. The van der Waals surface area contributed by atoms with Gasteiger partial charge < -0.3 is 10.1 Å². The fraction of sp³-hybridized carbons (Fsp3) is 0.120. The minimum absolute atomic E-state index is 0.0410. The van der Waals surface area contributed by atoms with E-state index in [0.717, 1.165) is 17.0 Å². The lowest BCUT2D eigenvalue weighted by atomic mass is 10.0. The predicted molar refractivity (Wildman–Crippen MR) is 119 cm³/mol. The topological polar surface area (TPSA) is 58.6 Å². The Hall–Kier alpha value is -4.07. The quantitative estimate of drug-likeness (QED) is 0.502. The molecule has 168 valence electrons. The fourth-order valence-corrected chi connectivity index (χ4v) is 3.53. The summed E-state index contributed by atoms with van der Waals surface area (Å²) in [7, 11) is 0. The first-order valence-corrected chi connectivity index (χ1v) is 10.1. The van der Waals surface area contributed by atoms with Crippen LogP contribution < -0.4 is 15.0 Å². The number of hydrogen-bond acceptors (Lipinski definition) is 4. The van der Waals surface area contributed by atoms with Gasteiger partial charge in [0.2, 0.25) is 0 Å². The molecule has 2 amide bonds. The first-order chi connectivity index (χ1) is 15.8. The van der Waals surface area contributed by atoms with E-state index in [2.05, 4.69) is 5.32 Å². The molecule has 0 fully saturated rings. The number of alkyl halides is 3. The number of amides is 2. The van der Waals surface area contributed by atoms with Crippen molar-refractivity contribution in [3.05, 3.63) is 95.7 Å². The van der Waals surface area contributed by atoms with Crippen LogP contribution in [0.1, 0.15) is 18.1 Å². The number of hydrogen-bond donors (Lipinski definition) is 1. The van der Waals surface area contributed by atoms with Crippen LogP contribution in [0, 0.1) is 0 Å². The van der Waals surface area contributed by atoms with Gasteiger partial charge in [0, 0.05) is 5.69 Å². The Balaban J connectivity index is 1.79. The van der Waals surface area contributed by atoms with E-state index in [1.54, 1.807) is 54.6 Å². The molecule has 0 spiro atoms. The van der Waals surface area contributed by atoms with E-state index in [4.69, 9.17) is 4.74 Å². The zero-order valence-electron chi connectivity index (χ0n) is 17.5. The van der Waals surface area contributed by atoms with Crippen molar-refractivity contribution in [2.24, 2.45) is 0 Å². The molecule has 1 aliphatic rings. The van der Waals surface area contributed by atoms with Gasteiger partial charge in [-0.2, -0.15) is 13.2 Å². The van der Waals surface area contributed by atoms with Gasteiger partial charge in [0.05, 0.1) is 23.4 Å². The number of benzene rings is 3. The lowest BCUT2D eigenvalue weighted by Crippen LogP contribution is -2.32. The lowest BCUT2D eigenvalue weighted by molar-refractivity contribution is -0.137. The molecule has 3 aromatic carbocycles. The molecule has 0 bridgehead atoms. The number of carbonyl (C=O) groups excluding carboxylic acids is 2. The summed E-state index contributed by atoms with van der Waals surface area (Å²) in [5.41, 5.74) is -0.0788. The van der Waals surface area contributed by atoms with Gasteiger partial charge in [0.15, 0.2) is 0 Å². The molecular weight excluding hydrogens is 433 g/mol. The van der Waals surface area contributed by atoms with Crippen molar-refractivity contribution in [3.8, 4) is 5.75 Å². The van der Waals surface area contributed by atoms with Gasteiger partial charge in [-0.15, -0.1) is 0 Å². The van der Waals surface area contributed by atoms with Crippen LogP contribution in [0.25, 0.3) is 5.57 Å². The van der Waals surface area contributed by atoms with Crippen LogP contribution in [0.3, 0.4) is 0 Å². The van der Waals surface area contributed by atoms with Crippen LogP contribution in [-0.4, -0.2) is 18.4 Å². The van der Waals surface area contributed by atoms with Crippen LogP contribution in [0.2, 0.25) is 0 Å². The third-order valence-corrected chi connectivity index (χ3v) is 5.01. The Labute approximate surface area is 188 Å². The monoisotopic (exact) mass is 452 g/mol. The van der Waals surface area contributed by atoms with E-state index in [0.29, 0.717) is 23.6 Å². The zero-order valence-corrected chi connectivity index (χ0v) is 17.5. The number of nitrogens with zero attached hydrogens (tertiary/aromatic N) is 1. The Morgan fingerprint density at radius 1 is 0.879 bits per heavy atom. The van der Waals surface area contributed by atoms with Gasteiger partial charge in [-0.3, -0.25) is 9.59 Å². The van der Waals surface area contributed by atoms with E-state index >= 15 is 0 Å². The predicted octanol–water partition coefficient (Wildman–Crippen LogP) is 5.50. The maximum absolute atomic E-state index is 13.4. The molecule has 0 atom stereocenters. The molecule has 0 unspecified atom stereocenters. The second-order valence-corrected chi connectivity index (χ2v) is 7.19. The van der Waals surface area contributed by atoms with Crippen molar-refractivity contribution in [2.45, 2.75) is 13.1 Å². The summed E-state index contributed by atoms with van der Waals surface area (Å²) in [5.74, 6) is -0.650. The smallest absolute Gasteiger partial charge is 0.416 e. The maximum Gasteiger partial charge on any atom is 0.416 e. The van der Waals surface area contributed by atoms with Gasteiger partial charge in [-0.05, 0) is 55.0 Å². The summed E-state index contributed by atoms with van der Waals surface area (Å²) >= 11 is 0. The van der Waals surface area contributed by atoms with Gasteiger partial charge in [0.1, 0.15) is 11.4 Å². The molecule has 4 rings (SSSR count). The standard InChI is InChI=1S/C25H19F3N2O3/c1-2-33-20-13-11-16(12-14-20)21-22(29-18-8-6-7-17(15-18)25(26,27)28)24(32)30(23(21)31)19-9-4-3-5-10-19/h3-15,29H,2H2,1H3. The molecule has 1 aliphatic heterocycles. The normalized spacial score (nSPS) is 14.1. The number of imide groups is 1. The molecule has 1 heterocycles. The minimum Gasteiger partial charge on any atom is -0.494 e. The zero-order chi connectivity index (χ0) is 23.6. The SMILES string of the molecule is CCOc1ccc(C2=C(Nc3cccc(C(F)(F)F)c3)C(=O)N(c3ccccc3)C2=O)cc1. The Morgan fingerprint density at radius 3 is 2.21 bits per heavy atom. The first kappa shape index (κ1) is 22.1. The second kappa shape index (κ2) is 8.82. The van der Waals surface area contributed by atoms with Gasteiger partial charge in [0.25, 0.3) is 11.8 Å². The van der Waals surface area contributed by atoms with E-state index in [9.17, 15) is 22.8 Å². The van der Waals surface area contributed by atoms with Crippen molar-refractivity contribution < 1.29 is 27.5 Å². The molecule has 0 aromatic heterocycles. The van der Waals surface area contributed by atoms with Crippen LogP contribution in [0.15, 0.2) is 84.6 Å². The van der Waals surface area contributed by atoms with Gasteiger partial charge in [-0.25, -0.2) is 4.90 Å². The molecule has 0 aliphatic carbocycles. The molecule has 0 radical (unpaired) electrons. The summed E-state index contributed by atoms with van der Waals surface area (Å²) < 4.78 is 44.9. The summed E-state index contributed by atoms with van der Waals surface area (Å²) in [4.78, 5) is 27.6. The van der Waals surface area contributed by atoms with Crippen molar-refractivity contribution in [1.82, 2.24) is 0 Å². The largest absolute Gasteiger partial charge is 0.494 e. The third kappa shape index (κ3) is 4.45.